The topological polar surface area (TPSA) is 77.3 Å². The van der Waals surface area contributed by atoms with Gasteiger partial charge in [0.15, 0.2) is 5.78 Å². The first-order chi connectivity index (χ1) is 18.8. The monoisotopic (exact) mass is 530 g/mol. The number of nitrogens with zero attached hydrogens (tertiary/aromatic N) is 4. The van der Waals surface area contributed by atoms with Crippen LogP contribution in [0.5, 0.6) is 11.5 Å². The normalized spacial score (nSPS) is 16.8. The van der Waals surface area contributed by atoms with E-state index in [2.05, 4.69) is 10.1 Å². The van der Waals surface area contributed by atoms with Gasteiger partial charge in [-0.15, -0.1) is 0 Å². The van der Waals surface area contributed by atoms with Crippen molar-refractivity contribution < 1.29 is 23.1 Å². The molecule has 7 nitrogen and oxygen atoms in total. The summed E-state index contributed by atoms with van der Waals surface area (Å²) in [4.78, 5) is 32.3. The summed E-state index contributed by atoms with van der Waals surface area (Å²) in [5.74, 6) is 0.275. The van der Waals surface area contributed by atoms with E-state index in [1.807, 2.05) is 19.1 Å². The number of ketones is 1. The maximum atomic E-state index is 13.6. The zero-order chi connectivity index (χ0) is 27.4. The third-order valence-electron chi connectivity index (χ3n) is 7.01. The molecular weight excluding hydrogens is 502 g/mol. The lowest BCUT2D eigenvalue weighted by Crippen LogP contribution is -2.42. The zero-order valence-corrected chi connectivity index (χ0v) is 21.5. The number of amides is 1. The first-order valence-corrected chi connectivity index (χ1v) is 12.8. The predicted octanol–water partition coefficient (Wildman–Crippen LogP) is 4.93. The molecular formula is C30H28F2N4O3. The molecule has 0 N–H and O–H groups in total. The van der Waals surface area contributed by atoms with Crippen LogP contribution in [0.15, 0.2) is 79.4 Å². The summed E-state index contributed by atoms with van der Waals surface area (Å²) < 4.78 is 33.9. The van der Waals surface area contributed by atoms with Crippen molar-refractivity contribution in [2.45, 2.75) is 38.8 Å². The second-order valence-electron chi connectivity index (χ2n) is 9.87. The van der Waals surface area contributed by atoms with Gasteiger partial charge in [-0.05, 0) is 90.9 Å². The lowest BCUT2D eigenvalue weighted by atomic mass is 9.92. The minimum absolute atomic E-state index is 0.00149. The molecule has 3 aromatic carbocycles. The summed E-state index contributed by atoms with van der Waals surface area (Å²) in [5.41, 5.74) is 2.66. The number of likely N-dealkylation sites (tertiary alicyclic amines) is 1. The van der Waals surface area contributed by atoms with Gasteiger partial charge in [0.1, 0.15) is 42.3 Å². The molecule has 200 valence electrons. The Labute approximate surface area is 225 Å². The van der Waals surface area contributed by atoms with E-state index >= 15 is 0 Å². The number of benzene rings is 3. The Kier molecular flexibility index (Phi) is 7.76. The molecule has 0 unspecified atom stereocenters. The van der Waals surface area contributed by atoms with Gasteiger partial charge in [-0.25, -0.2) is 18.4 Å². The number of rotatable bonds is 9. The number of halogens is 2. The largest absolute Gasteiger partial charge is 0.457 e. The van der Waals surface area contributed by atoms with Gasteiger partial charge in [-0.2, -0.15) is 5.10 Å². The first kappa shape index (κ1) is 26.2. The van der Waals surface area contributed by atoms with Crippen LogP contribution < -0.4 is 4.74 Å². The molecule has 0 bridgehead atoms. The van der Waals surface area contributed by atoms with Gasteiger partial charge < -0.3 is 9.64 Å². The van der Waals surface area contributed by atoms with Crippen LogP contribution in [0.4, 0.5) is 8.78 Å². The minimum atomic E-state index is -0.568. The molecule has 1 aromatic heterocycles. The van der Waals surface area contributed by atoms with Gasteiger partial charge in [-0.3, -0.25) is 9.59 Å². The van der Waals surface area contributed by atoms with Gasteiger partial charge in [0, 0.05) is 13.0 Å². The van der Waals surface area contributed by atoms with Crippen molar-refractivity contribution in [2.24, 2.45) is 5.92 Å². The fourth-order valence-corrected chi connectivity index (χ4v) is 5.03. The van der Waals surface area contributed by atoms with Crippen LogP contribution in [0.2, 0.25) is 0 Å². The summed E-state index contributed by atoms with van der Waals surface area (Å²) in [6, 6.07) is 17.0. The van der Waals surface area contributed by atoms with E-state index in [1.165, 1.54) is 41.6 Å². The van der Waals surface area contributed by atoms with E-state index in [-0.39, 0.29) is 42.2 Å². The van der Waals surface area contributed by atoms with Crippen LogP contribution in [0.3, 0.4) is 0 Å². The zero-order valence-electron chi connectivity index (χ0n) is 21.5. The van der Waals surface area contributed by atoms with Crippen molar-refractivity contribution in [3.05, 3.63) is 108 Å². The van der Waals surface area contributed by atoms with Crippen LogP contribution in [-0.4, -0.2) is 43.9 Å². The molecule has 1 amide bonds. The van der Waals surface area contributed by atoms with Gasteiger partial charge in [0.25, 0.3) is 0 Å². The fraction of sp³-hybridized carbons (Fsp3) is 0.267. The first-order valence-electron chi connectivity index (χ1n) is 12.8. The SMILES string of the molecule is Cc1cc(F)ccc1C[C@@H]1C[C@@H](C(=O)Cc2ccc(Oc3ccc(F)cc3)cc2)N(C(=O)Cn2cncn2)C1. The third kappa shape index (κ3) is 6.54. The molecule has 9 heteroatoms. The van der Waals surface area contributed by atoms with Crippen LogP contribution >= 0.6 is 0 Å². The van der Waals surface area contributed by atoms with Crippen molar-refractivity contribution in [3.63, 3.8) is 0 Å². The Morgan fingerprint density at radius 1 is 0.974 bits per heavy atom. The minimum Gasteiger partial charge on any atom is -0.457 e. The van der Waals surface area contributed by atoms with Crippen molar-refractivity contribution >= 4 is 11.7 Å². The molecule has 1 aliphatic heterocycles. The van der Waals surface area contributed by atoms with Gasteiger partial charge in [0.05, 0.1) is 6.04 Å². The third-order valence-corrected chi connectivity index (χ3v) is 7.01. The number of hydrogen-bond acceptors (Lipinski definition) is 5. The standard InChI is InChI=1S/C30H28F2N4O3/c1-20-12-25(32)5-4-23(20)13-22-14-28(36(16-22)30(38)17-35-19-33-18-34-35)29(37)15-21-2-8-26(9-3-21)39-27-10-6-24(31)7-11-27/h2-12,18-19,22,28H,13-17H2,1H3/t22-,28+/m1/s1. The molecule has 39 heavy (non-hydrogen) atoms. The molecule has 4 aromatic rings. The lowest BCUT2D eigenvalue weighted by molar-refractivity contribution is -0.138. The Morgan fingerprint density at radius 3 is 2.33 bits per heavy atom. The highest BCUT2D eigenvalue weighted by Gasteiger charge is 2.39. The Hall–Kier alpha value is -4.40. The van der Waals surface area contributed by atoms with Crippen molar-refractivity contribution in [2.75, 3.05) is 6.54 Å². The highest BCUT2D eigenvalue weighted by Crippen LogP contribution is 2.30. The fourth-order valence-electron chi connectivity index (χ4n) is 5.03. The van der Waals surface area contributed by atoms with E-state index in [4.69, 9.17) is 4.74 Å². The quantitative estimate of drug-likeness (QED) is 0.307. The Morgan fingerprint density at radius 2 is 1.67 bits per heavy atom. The van der Waals surface area contributed by atoms with Gasteiger partial charge in [0.2, 0.25) is 5.91 Å². The summed E-state index contributed by atoms with van der Waals surface area (Å²) >= 11 is 0. The molecule has 5 rings (SSSR count). The second kappa shape index (κ2) is 11.6. The number of aromatic nitrogens is 3. The number of Topliss-reactive ketones (excluding diaryl/α,β-unsaturated/α-hetero) is 1. The molecule has 0 spiro atoms. The van der Waals surface area contributed by atoms with Crippen molar-refractivity contribution in [1.29, 1.82) is 0 Å². The van der Waals surface area contributed by atoms with E-state index in [0.29, 0.717) is 30.9 Å². The van der Waals surface area contributed by atoms with Crippen molar-refractivity contribution in [3.8, 4) is 11.5 Å². The van der Waals surface area contributed by atoms with E-state index in [0.717, 1.165) is 16.7 Å². The molecule has 0 radical (unpaired) electrons. The Balaban J connectivity index is 1.28. The van der Waals surface area contributed by atoms with E-state index < -0.39 is 6.04 Å². The highest BCUT2D eigenvalue weighted by molar-refractivity contribution is 5.91. The lowest BCUT2D eigenvalue weighted by Gasteiger charge is -2.23. The summed E-state index contributed by atoms with van der Waals surface area (Å²) in [7, 11) is 0. The molecule has 1 aliphatic rings. The number of ether oxygens (including phenoxy) is 1. The second-order valence-corrected chi connectivity index (χ2v) is 9.87. The molecule has 2 atom stereocenters. The molecule has 0 saturated carbocycles. The molecule has 0 aliphatic carbocycles. The van der Waals surface area contributed by atoms with E-state index in [1.54, 1.807) is 35.2 Å². The van der Waals surface area contributed by atoms with E-state index in [9.17, 15) is 18.4 Å². The summed E-state index contributed by atoms with van der Waals surface area (Å²) in [6.07, 6.45) is 4.18. The Bertz CT molecular complexity index is 1440. The maximum Gasteiger partial charge on any atom is 0.244 e. The average molecular weight is 531 g/mol. The highest BCUT2D eigenvalue weighted by atomic mass is 19.1. The number of aryl methyl sites for hydroxylation is 1. The molecule has 1 saturated heterocycles. The van der Waals surface area contributed by atoms with Crippen LogP contribution in [-0.2, 0) is 29.0 Å². The summed E-state index contributed by atoms with van der Waals surface area (Å²) in [5, 5.41) is 4.02. The predicted molar refractivity (Wildman–Crippen MR) is 140 cm³/mol. The van der Waals surface area contributed by atoms with Crippen LogP contribution in [0.1, 0.15) is 23.1 Å². The number of hydrogen-bond donors (Lipinski definition) is 0. The maximum absolute atomic E-state index is 13.6. The van der Waals surface area contributed by atoms with Gasteiger partial charge >= 0.3 is 0 Å². The average Bonchev–Trinajstić information content (AvgIpc) is 3.58. The smallest absolute Gasteiger partial charge is 0.244 e. The van der Waals surface area contributed by atoms with Crippen LogP contribution in [0.25, 0.3) is 0 Å². The van der Waals surface area contributed by atoms with Crippen LogP contribution in [0, 0.1) is 24.5 Å². The van der Waals surface area contributed by atoms with Gasteiger partial charge in [-0.1, -0.05) is 18.2 Å². The van der Waals surface area contributed by atoms with Crippen molar-refractivity contribution in [1.82, 2.24) is 19.7 Å². The molecule has 1 fully saturated rings. The number of carbonyl (C=O) groups excluding carboxylic acids is 2. The molecule has 2 heterocycles. The summed E-state index contributed by atoms with van der Waals surface area (Å²) in [6.45, 7) is 2.31. The number of carbonyl (C=O) groups is 2.